The maximum atomic E-state index is 15.8. The maximum absolute atomic E-state index is 15.8. The number of nitrogens with one attached hydrogen (secondary N) is 12. The number of amides is 15. The molecular formula is C92H125N21O21S. The number of nitrogens with zero attached hydrogens (tertiary/aromatic N) is 6. The third-order valence-electron chi connectivity index (χ3n) is 25.0. The molecule has 0 aliphatic carbocycles. The summed E-state index contributed by atoms with van der Waals surface area (Å²) in [5.41, 5.74) is 20.9. The van der Waals surface area contributed by atoms with Crippen molar-refractivity contribution in [3.05, 3.63) is 120 Å². The molecule has 0 spiro atoms. The molecule has 730 valence electrons. The van der Waals surface area contributed by atoms with E-state index < -0.39 is 235 Å². The average molecular weight is 1890 g/mol. The summed E-state index contributed by atoms with van der Waals surface area (Å²) in [5, 5.41) is 56.2. The topological polar surface area (TPSA) is 631 Å². The number of carboxylic acids is 2. The summed E-state index contributed by atoms with van der Waals surface area (Å²) in [6.45, 7) is 2.48. The average Bonchev–Trinajstić information content (AvgIpc) is 1.74. The minimum Gasteiger partial charge on any atom is -0.508 e. The van der Waals surface area contributed by atoms with Crippen LogP contribution in [-0.4, -0.2) is 309 Å². The first-order valence-electron chi connectivity index (χ1n) is 45.9. The summed E-state index contributed by atoms with van der Waals surface area (Å²) in [6.07, 6.45) is 4.22. The lowest BCUT2D eigenvalue weighted by Gasteiger charge is -2.36. The van der Waals surface area contributed by atoms with Crippen molar-refractivity contribution in [3.8, 4) is 5.75 Å². The highest BCUT2D eigenvalue weighted by molar-refractivity contribution is 8.00. The first kappa shape index (κ1) is 104. The predicted octanol–water partition coefficient (Wildman–Crippen LogP) is -0.415. The van der Waals surface area contributed by atoms with E-state index in [1.807, 2.05) is 26.0 Å². The zero-order chi connectivity index (χ0) is 97.7. The van der Waals surface area contributed by atoms with Gasteiger partial charge in [-0.2, -0.15) is 0 Å². The maximum Gasteiger partial charge on any atom is 0.305 e. The normalized spacial score (nSPS) is 24.7. The third kappa shape index (κ3) is 28.4. The van der Waals surface area contributed by atoms with Gasteiger partial charge in [0.15, 0.2) is 5.78 Å². The second-order valence-electron chi connectivity index (χ2n) is 34.7. The van der Waals surface area contributed by atoms with Gasteiger partial charge in [0.1, 0.15) is 78.3 Å². The molecule has 6 aromatic rings. The van der Waals surface area contributed by atoms with Crippen molar-refractivity contribution in [1.29, 1.82) is 0 Å². The summed E-state index contributed by atoms with van der Waals surface area (Å²) in [4.78, 5) is 283. The van der Waals surface area contributed by atoms with Crippen LogP contribution in [0, 0.1) is 5.92 Å². The lowest BCUT2D eigenvalue weighted by atomic mass is 9.91. The van der Waals surface area contributed by atoms with Crippen LogP contribution in [0.5, 0.6) is 5.75 Å². The number of aromatic nitrogens is 4. The Morgan fingerprint density at radius 3 is 1.56 bits per heavy atom. The molecule has 4 fully saturated rings. The molecule has 43 heteroatoms. The third-order valence-corrected chi connectivity index (χ3v) is 26.1. The van der Waals surface area contributed by atoms with Gasteiger partial charge in [0.05, 0.1) is 36.8 Å². The van der Waals surface area contributed by atoms with Crippen molar-refractivity contribution in [1.82, 2.24) is 92.3 Å². The predicted molar refractivity (Wildman–Crippen MR) is 494 cm³/mol. The Kier molecular flexibility index (Phi) is 38.5. The summed E-state index contributed by atoms with van der Waals surface area (Å²) in [6, 6.07) is 0.379. The van der Waals surface area contributed by atoms with E-state index in [1.165, 1.54) is 60.7 Å². The number of carbonyl (C=O) groups excluding carboxylic acids is 16. The molecule has 7 heterocycles. The molecule has 42 nitrogen and oxygen atoms in total. The smallest absolute Gasteiger partial charge is 0.305 e. The van der Waals surface area contributed by atoms with Crippen LogP contribution in [0.25, 0.3) is 21.8 Å². The lowest BCUT2D eigenvalue weighted by Crippen LogP contribution is -2.60. The van der Waals surface area contributed by atoms with E-state index in [4.69, 9.17) is 17.2 Å². The number of phenolic OH excluding ortho intramolecular Hbond substituents is 1. The van der Waals surface area contributed by atoms with Gasteiger partial charge in [-0.25, -0.2) is 4.98 Å². The van der Waals surface area contributed by atoms with Crippen LogP contribution in [0.4, 0.5) is 0 Å². The van der Waals surface area contributed by atoms with E-state index in [0.717, 1.165) is 26.5 Å². The number of para-hydroxylation sites is 2. The number of hydrogen-bond acceptors (Lipinski definition) is 23. The Bertz CT molecular complexity index is 5220. The molecule has 4 aliphatic rings. The molecule has 21 N–H and O–H groups in total. The number of nitrogens with two attached hydrogens (primary N) is 3. The number of benzene rings is 3. The number of aliphatic carboxylic acids is 2. The van der Waals surface area contributed by atoms with Crippen LogP contribution in [0.15, 0.2) is 97.7 Å². The standard InChI is InChI=1S/C92H125N21O21S/c1-5-7-22-70-84(126)102-62(21-13-34-93)82(124)108-69(81(123)99-48-76(95)116)49-135-50-77(117)101-66(39-52-27-29-57(114)30-28-52)90(132)112-37-16-26-73(112)87(129)107-68(44-79(120)121)91(133)113-38-15-25-72(113)86(128)105-65(43-56-47-96-51-100-56)83(125)103-63(31-32-78(118)119)89(131)111-36-14-24-71(111)85(127)104-64(40-54-45-97-60-19-11-9-17-58(54)60)75(115)42-53(33-35-94)80(122)106-67(41-55-46-98-61-20-12-10-18-59(55)61)88(130)110(4)74(23-8-6-2)92(134)109(70)3/h9-12,17-20,27-30,45-47,51,53,62-74,97-98,114H,5-8,13-16,21-26,31-44,48-50,93-94H2,1-4H3,(H2,95,116)(H,96,100)(H,99,123)(H,101,117)(H,102,126)(H,103,125)(H,104,127)(H,105,128)(H,106,122)(H,107,129)(H,108,124)(H,118,119)(H,120,121)/t53-,62+,63+,64+,65+,66+,67+,68?,69+,70+,71+,72+,73+,74+/m1/s1. The van der Waals surface area contributed by atoms with Crippen LogP contribution in [0.2, 0.25) is 0 Å². The molecule has 15 amide bonds. The highest BCUT2D eigenvalue weighted by Gasteiger charge is 2.47. The minimum absolute atomic E-state index is 0.00331. The van der Waals surface area contributed by atoms with Gasteiger partial charge in [0.2, 0.25) is 88.6 Å². The molecule has 135 heavy (non-hydrogen) atoms. The van der Waals surface area contributed by atoms with E-state index in [2.05, 4.69) is 67.8 Å². The van der Waals surface area contributed by atoms with Gasteiger partial charge >= 0.3 is 11.9 Å². The summed E-state index contributed by atoms with van der Waals surface area (Å²) < 4.78 is 0. The number of aromatic hydroxyl groups is 1. The number of aromatic amines is 3. The first-order valence-corrected chi connectivity index (χ1v) is 47.1. The van der Waals surface area contributed by atoms with E-state index >= 15 is 43.2 Å². The fraction of sp³-hybridized carbons (Fsp3) is 0.533. The van der Waals surface area contributed by atoms with E-state index in [-0.39, 0.29) is 140 Å². The molecule has 3 aromatic heterocycles. The van der Waals surface area contributed by atoms with Crippen molar-refractivity contribution >= 4 is 140 Å². The molecule has 0 radical (unpaired) electrons. The molecule has 10 rings (SSSR count). The van der Waals surface area contributed by atoms with Crippen molar-refractivity contribution in [2.45, 2.75) is 240 Å². The Labute approximate surface area is 783 Å². The number of thioether (sulfide) groups is 1. The first-order chi connectivity index (χ1) is 64.7. The summed E-state index contributed by atoms with van der Waals surface area (Å²) in [5.74, 6) is -19.4. The number of ketones is 1. The molecule has 14 atom stereocenters. The number of phenols is 1. The van der Waals surface area contributed by atoms with E-state index in [9.17, 15) is 58.5 Å². The number of rotatable bonds is 27. The second-order valence-corrected chi connectivity index (χ2v) is 35.7. The van der Waals surface area contributed by atoms with Crippen molar-refractivity contribution in [2.75, 3.05) is 64.9 Å². The second kappa shape index (κ2) is 50.1. The number of likely N-dealkylation sites (N-methyl/N-ethyl adjacent to an activating group) is 2. The number of hydrogen-bond donors (Lipinski definition) is 18. The Morgan fingerprint density at radius 2 is 1.01 bits per heavy atom. The fourth-order valence-electron chi connectivity index (χ4n) is 17.7. The zero-order valence-electron chi connectivity index (χ0n) is 76.3. The summed E-state index contributed by atoms with van der Waals surface area (Å²) >= 11 is 0.788. The number of imidazole rings is 1. The largest absolute Gasteiger partial charge is 0.508 e. The van der Waals surface area contributed by atoms with Crippen LogP contribution in [0.3, 0.4) is 0 Å². The number of carbonyl (C=O) groups is 18. The minimum atomic E-state index is -1.89. The molecule has 3 aromatic carbocycles. The molecule has 4 aliphatic heterocycles. The molecule has 4 saturated heterocycles. The van der Waals surface area contributed by atoms with Crippen LogP contribution < -0.4 is 65.1 Å². The van der Waals surface area contributed by atoms with Crippen molar-refractivity contribution < 1.29 is 102 Å². The highest BCUT2D eigenvalue weighted by Crippen LogP contribution is 2.30. The Hall–Kier alpha value is -13.3. The van der Waals surface area contributed by atoms with Crippen LogP contribution in [-0.2, 0) is 112 Å². The molecule has 0 saturated carbocycles. The SMILES string of the molecule is CCCC[C@H]1C(=O)N(C)[C@@H](CCCC)C(=O)N[C@@H](CCCN)C(=O)N[C@H](C(=O)NCC(N)=O)CSCC(=O)N[C@@H](Cc2ccc(O)cc2)C(=O)N2CCC[C@H]2C(=O)NC(CC(=O)O)C(=O)N2CCC[C@H]2C(=O)N[C@@H](Cc2c[nH]cn2)C(=O)N[C@@H](CCC(=O)O)C(=O)N2CCC[C@H]2C(=O)N[C@@H](Cc2c[nH]c3ccccc23)C(=O)C[C@@H](CCN)C(=O)N[C@@H](Cc2c[nH]c3ccccc23)C(=O)N1C. The van der Waals surface area contributed by atoms with Gasteiger partial charge in [-0.15, -0.1) is 11.8 Å². The van der Waals surface area contributed by atoms with Gasteiger partial charge in [-0.3, -0.25) is 86.3 Å². The van der Waals surface area contributed by atoms with Crippen molar-refractivity contribution in [2.24, 2.45) is 23.1 Å². The van der Waals surface area contributed by atoms with Crippen molar-refractivity contribution in [3.63, 3.8) is 0 Å². The van der Waals surface area contributed by atoms with Gasteiger partial charge in [0.25, 0.3) is 0 Å². The fourth-order valence-corrected chi connectivity index (χ4v) is 18.6. The molecule has 1 unspecified atom stereocenters. The lowest BCUT2D eigenvalue weighted by molar-refractivity contribution is -0.149. The van der Waals surface area contributed by atoms with E-state index in [1.54, 1.807) is 48.8 Å². The van der Waals surface area contributed by atoms with Gasteiger partial charge in [-0.1, -0.05) is 88.1 Å². The van der Waals surface area contributed by atoms with E-state index in [0.29, 0.717) is 64.2 Å². The number of primary amides is 1. The van der Waals surface area contributed by atoms with Gasteiger partial charge < -0.3 is 120 Å². The molecule has 0 bridgehead atoms. The number of Topliss-reactive ketones (excluding diaryl/α,β-unsaturated/α-hetero) is 1. The van der Waals surface area contributed by atoms with Gasteiger partial charge in [0, 0.05) is 124 Å². The Morgan fingerprint density at radius 1 is 0.496 bits per heavy atom. The number of fused-ring (bicyclic) bond motifs is 5. The van der Waals surface area contributed by atoms with Crippen LogP contribution >= 0.6 is 11.8 Å². The highest BCUT2D eigenvalue weighted by atomic mass is 32.2. The van der Waals surface area contributed by atoms with Gasteiger partial charge in [-0.05, 0) is 131 Å². The summed E-state index contributed by atoms with van der Waals surface area (Å²) in [7, 11) is 2.78. The van der Waals surface area contributed by atoms with Crippen LogP contribution in [0.1, 0.15) is 158 Å². The monoisotopic (exact) mass is 1890 g/mol. The zero-order valence-corrected chi connectivity index (χ0v) is 77.1. The Balaban J connectivity index is 1.02. The quantitative estimate of drug-likeness (QED) is 0.0311. The number of carboxylic acid groups (broad SMARTS) is 2. The number of unbranched alkanes of at least 4 members (excludes halogenated alkanes) is 2. The number of H-pyrrole nitrogens is 3. The molecular weight excluding hydrogens is 1770 g/mol.